The van der Waals surface area contributed by atoms with E-state index in [0.717, 1.165) is 25.3 Å². The number of amides is 1. The summed E-state index contributed by atoms with van der Waals surface area (Å²) in [5.41, 5.74) is 2.94. The Kier molecular flexibility index (Phi) is 6.75. The van der Waals surface area contributed by atoms with E-state index in [2.05, 4.69) is 22.8 Å². The first-order valence-corrected chi connectivity index (χ1v) is 9.63. The highest BCUT2D eigenvalue weighted by molar-refractivity contribution is 5.73. The molecule has 0 aliphatic heterocycles. The summed E-state index contributed by atoms with van der Waals surface area (Å²) in [7, 11) is 0. The molecule has 2 aromatic rings. The average molecular weight is 388 g/mol. The molecule has 0 fully saturated rings. The van der Waals surface area contributed by atoms with Crippen molar-refractivity contribution in [1.82, 2.24) is 10.6 Å². The third-order valence-corrected chi connectivity index (χ3v) is 5.17. The van der Waals surface area contributed by atoms with Crippen molar-refractivity contribution in [3.05, 3.63) is 70.8 Å². The Morgan fingerprint density at radius 2 is 1.93 bits per heavy atom. The van der Waals surface area contributed by atoms with Crippen LogP contribution < -0.4 is 10.6 Å². The van der Waals surface area contributed by atoms with Gasteiger partial charge >= 0.3 is 0 Å². The molecule has 1 amide bonds. The van der Waals surface area contributed by atoms with Crippen LogP contribution in [0.5, 0.6) is 0 Å². The van der Waals surface area contributed by atoms with Gasteiger partial charge in [-0.25, -0.2) is 8.78 Å². The van der Waals surface area contributed by atoms with Gasteiger partial charge in [0.05, 0.1) is 12.1 Å². The molecule has 28 heavy (non-hydrogen) atoms. The number of halogens is 2. The maximum absolute atomic E-state index is 13.5. The van der Waals surface area contributed by atoms with E-state index in [1.807, 2.05) is 12.1 Å². The first-order valence-electron chi connectivity index (χ1n) is 9.63. The molecule has 0 saturated carbocycles. The molecule has 150 valence electrons. The number of hydrogen-bond donors (Lipinski definition) is 3. The van der Waals surface area contributed by atoms with E-state index in [1.54, 1.807) is 0 Å². The molecule has 0 aromatic heterocycles. The van der Waals surface area contributed by atoms with Gasteiger partial charge in [-0.3, -0.25) is 4.79 Å². The maximum Gasteiger partial charge on any atom is 0.217 e. The van der Waals surface area contributed by atoms with E-state index >= 15 is 0 Å². The highest BCUT2D eigenvalue weighted by Crippen LogP contribution is 2.29. The minimum Gasteiger partial charge on any atom is -0.390 e. The Hall–Kier alpha value is -2.31. The van der Waals surface area contributed by atoms with Crippen LogP contribution in [0.2, 0.25) is 0 Å². The van der Waals surface area contributed by atoms with Crippen LogP contribution in [0.1, 0.15) is 42.5 Å². The van der Waals surface area contributed by atoms with Gasteiger partial charge in [0, 0.05) is 25.6 Å². The second kappa shape index (κ2) is 9.26. The fourth-order valence-corrected chi connectivity index (χ4v) is 3.90. The summed E-state index contributed by atoms with van der Waals surface area (Å²) in [4.78, 5) is 11.6. The lowest BCUT2D eigenvalue weighted by molar-refractivity contribution is -0.120. The minimum absolute atomic E-state index is 0.137. The summed E-state index contributed by atoms with van der Waals surface area (Å²) in [6.45, 7) is 1.62. The largest absolute Gasteiger partial charge is 0.390 e. The smallest absolute Gasteiger partial charge is 0.217 e. The van der Waals surface area contributed by atoms with Crippen LogP contribution in [0, 0.1) is 11.6 Å². The van der Waals surface area contributed by atoms with E-state index in [1.165, 1.54) is 30.2 Å². The van der Waals surface area contributed by atoms with Crippen molar-refractivity contribution >= 4 is 5.91 Å². The van der Waals surface area contributed by atoms with Crippen molar-refractivity contribution in [2.24, 2.45) is 0 Å². The molecule has 3 atom stereocenters. The van der Waals surface area contributed by atoms with Crippen LogP contribution in [-0.4, -0.2) is 29.7 Å². The zero-order valence-electron chi connectivity index (χ0n) is 15.9. The van der Waals surface area contributed by atoms with Gasteiger partial charge in [-0.15, -0.1) is 0 Å². The van der Waals surface area contributed by atoms with Crippen molar-refractivity contribution in [2.75, 3.05) is 6.54 Å². The third kappa shape index (κ3) is 5.36. The van der Waals surface area contributed by atoms with Crippen LogP contribution in [0.15, 0.2) is 42.5 Å². The molecular weight excluding hydrogens is 362 g/mol. The molecule has 2 aromatic carbocycles. The number of carbonyl (C=O) groups is 1. The van der Waals surface area contributed by atoms with E-state index in [-0.39, 0.29) is 24.9 Å². The molecule has 0 unspecified atom stereocenters. The Morgan fingerprint density at radius 1 is 1.21 bits per heavy atom. The Balaban J connectivity index is 1.66. The molecular formula is C22H26F2N2O2. The molecule has 1 aliphatic rings. The topological polar surface area (TPSA) is 61.4 Å². The quantitative estimate of drug-likeness (QED) is 0.683. The number of fused-ring (bicyclic) bond motifs is 1. The van der Waals surface area contributed by atoms with Crippen molar-refractivity contribution in [2.45, 2.75) is 50.8 Å². The lowest BCUT2D eigenvalue weighted by Crippen LogP contribution is -2.48. The highest BCUT2D eigenvalue weighted by atomic mass is 19.1. The summed E-state index contributed by atoms with van der Waals surface area (Å²) in [6.07, 6.45) is 2.34. The summed E-state index contributed by atoms with van der Waals surface area (Å²) in [5.74, 6) is -1.66. The van der Waals surface area contributed by atoms with Gasteiger partial charge in [0.2, 0.25) is 5.91 Å². The molecule has 0 spiro atoms. The number of aliphatic hydroxyl groups is 1. The van der Waals surface area contributed by atoms with Gasteiger partial charge < -0.3 is 15.7 Å². The van der Waals surface area contributed by atoms with E-state index in [9.17, 15) is 18.7 Å². The number of benzene rings is 2. The van der Waals surface area contributed by atoms with Crippen LogP contribution in [0.3, 0.4) is 0 Å². The molecule has 4 nitrogen and oxygen atoms in total. The summed E-state index contributed by atoms with van der Waals surface area (Å²) in [6, 6.07) is 11.0. The normalized spacial score (nSPS) is 18.2. The van der Waals surface area contributed by atoms with E-state index < -0.39 is 23.8 Å². The number of carbonyl (C=O) groups excluding carboxylic acids is 1. The zero-order valence-corrected chi connectivity index (χ0v) is 15.9. The fraction of sp³-hybridized carbons (Fsp3) is 0.409. The van der Waals surface area contributed by atoms with E-state index in [4.69, 9.17) is 0 Å². The molecule has 0 heterocycles. The second-order valence-electron chi connectivity index (χ2n) is 7.41. The maximum atomic E-state index is 13.5. The first-order chi connectivity index (χ1) is 13.4. The molecule has 0 bridgehead atoms. The van der Waals surface area contributed by atoms with Gasteiger partial charge in [0.1, 0.15) is 11.6 Å². The van der Waals surface area contributed by atoms with Crippen LogP contribution in [-0.2, 0) is 17.6 Å². The first kappa shape index (κ1) is 20.4. The van der Waals surface area contributed by atoms with Crippen LogP contribution in [0.25, 0.3) is 0 Å². The zero-order chi connectivity index (χ0) is 20.1. The molecule has 3 rings (SSSR count). The van der Waals surface area contributed by atoms with Gasteiger partial charge in [-0.2, -0.15) is 0 Å². The van der Waals surface area contributed by atoms with Crippen molar-refractivity contribution in [1.29, 1.82) is 0 Å². The highest BCUT2D eigenvalue weighted by Gasteiger charge is 2.24. The Labute approximate surface area is 164 Å². The predicted molar refractivity (Wildman–Crippen MR) is 104 cm³/mol. The second-order valence-corrected chi connectivity index (χ2v) is 7.41. The van der Waals surface area contributed by atoms with Gasteiger partial charge in [-0.1, -0.05) is 24.3 Å². The monoisotopic (exact) mass is 388 g/mol. The number of aliphatic hydroxyl groups excluding tert-OH is 1. The van der Waals surface area contributed by atoms with Crippen LogP contribution in [0.4, 0.5) is 8.78 Å². The van der Waals surface area contributed by atoms with Crippen LogP contribution >= 0.6 is 0 Å². The number of rotatable bonds is 7. The summed E-state index contributed by atoms with van der Waals surface area (Å²) >= 11 is 0. The average Bonchev–Trinajstić information content (AvgIpc) is 2.64. The molecule has 0 radical (unpaired) electrons. The molecule has 6 heteroatoms. The summed E-state index contributed by atoms with van der Waals surface area (Å²) in [5, 5.41) is 16.8. The van der Waals surface area contributed by atoms with Gasteiger partial charge in [0.15, 0.2) is 0 Å². The minimum atomic E-state index is -0.899. The van der Waals surface area contributed by atoms with Gasteiger partial charge in [-0.05, 0) is 54.5 Å². The number of aryl methyl sites for hydroxylation is 1. The van der Waals surface area contributed by atoms with Crippen molar-refractivity contribution in [3.8, 4) is 0 Å². The lowest BCUT2D eigenvalue weighted by Gasteiger charge is -2.30. The number of nitrogens with one attached hydrogen (secondary N) is 2. The lowest BCUT2D eigenvalue weighted by atomic mass is 9.87. The standard InChI is InChI=1S/C22H26F2N2O2/c1-14(27)26-21(11-15-9-17(23)12-18(24)10-15)22(28)13-25-20-8-4-6-16-5-2-3-7-19(16)20/h2-3,5,7,9-10,12,20-22,25,28H,4,6,8,11,13H2,1H3,(H,26,27)/t20-,21-,22+/m0/s1. The predicted octanol–water partition coefficient (Wildman–Crippen LogP) is 3.04. The Morgan fingerprint density at radius 3 is 2.64 bits per heavy atom. The van der Waals surface area contributed by atoms with E-state index in [0.29, 0.717) is 5.56 Å². The van der Waals surface area contributed by atoms with Gasteiger partial charge in [0.25, 0.3) is 0 Å². The fourth-order valence-electron chi connectivity index (χ4n) is 3.90. The van der Waals surface area contributed by atoms with Crippen molar-refractivity contribution < 1.29 is 18.7 Å². The molecule has 3 N–H and O–H groups in total. The summed E-state index contributed by atoms with van der Waals surface area (Å²) < 4.78 is 26.9. The third-order valence-electron chi connectivity index (χ3n) is 5.17. The van der Waals surface area contributed by atoms with Crippen molar-refractivity contribution in [3.63, 3.8) is 0 Å². The molecule has 1 aliphatic carbocycles. The molecule has 0 saturated heterocycles. The number of hydrogen-bond acceptors (Lipinski definition) is 3. The SMILES string of the molecule is CC(=O)N[C@@H](Cc1cc(F)cc(F)c1)[C@H](O)CN[C@H]1CCCc2ccccc21. The Bertz CT molecular complexity index is 808.